The lowest BCUT2D eigenvalue weighted by molar-refractivity contribution is -0.912. The number of anilines is 2. The number of ketones is 1. The number of hydrogen-bond donors (Lipinski definition) is 1. The number of unbranched alkanes of at least 4 members (excludes halogenated alkanes) is 1. The van der Waals surface area contributed by atoms with Gasteiger partial charge in [0.05, 0.1) is 5.56 Å². The summed E-state index contributed by atoms with van der Waals surface area (Å²) in [6, 6.07) is 18.8. The number of benzene rings is 3. The zero-order chi connectivity index (χ0) is 25.5. The Kier molecular flexibility index (Phi) is 6.50. The number of carbonyl (C=O) groups excluding carboxylic acids is 1. The number of quaternary nitrogens is 1. The van der Waals surface area contributed by atoms with Crippen molar-refractivity contribution < 1.29 is 18.7 Å². The third kappa shape index (κ3) is 4.55. The van der Waals surface area contributed by atoms with Gasteiger partial charge < -0.3 is 15.0 Å². The Bertz CT molecular complexity index is 1300. The molecule has 0 aromatic heterocycles. The molecule has 3 aliphatic heterocycles. The van der Waals surface area contributed by atoms with Crippen LogP contribution in [-0.4, -0.2) is 54.5 Å². The third-order valence-electron chi connectivity index (χ3n) is 7.98. The van der Waals surface area contributed by atoms with Gasteiger partial charge in [0.15, 0.2) is 11.5 Å². The molecule has 0 bridgehead atoms. The molecule has 0 spiro atoms. The van der Waals surface area contributed by atoms with Crippen LogP contribution >= 0.6 is 0 Å². The van der Waals surface area contributed by atoms with Crippen LogP contribution in [0.3, 0.4) is 0 Å². The second-order valence-corrected chi connectivity index (χ2v) is 10.2. The first-order chi connectivity index (χ1) is 18.0. The summed E-state index contributed by atoms with van der Waals surface area (Å²) in [5, 5.41) is 14.4. The molecule has 192 valence electrons. The SMILES string of the molecule is O=C1CN(CCCCN2CCC3C(C2)c2cc(F)ccc2N3c2ccc(F)cc2)[NH+]([O-])c2ccccc21. The second-order valence-electron chi connectivity index (χ2n) is 10.2. The monoisotopic (exact) mass is 504 g/mol. The van der Waals surface area contributed by atoms with Gasteiger partial charge in [0, 0.05) is 49.0 Å². The molecule has 6 rings (SSSR count). The van der Waals surface area contributed by atoms with E-state index in [2.05, 4.69) is 9.80 Å². The maximum absolute atomic E-state index is 14.2. The maximum Gasteiger partial charge on any atom is 0.188 e. The van der Waals surface area contributed by atoms with Gasteiger partial charge in [0.1, 0.15) is 18.2 Å². The van der Waals surface area contributed by atoms with E-state index in [0.29, 0.717) is 17.8 Å². The van der Waals surface area contributed by atoms with Gasteiger partial charge in [-0.1, -0.05) is 12.1 Å². The van der Waals surface area contributed by atoms with Crippen molar-refractivity contribution in [2.75, 3.05) is 37.6 Å². The average Bonchev–Trinajstić information content (AvgIpc) is 3.22. The molecule has 3 aromatic carbocycles. The summed E-state index contributed by atoms with van der Waals surface area (Å²) in [4.78, 5) is 17.1. The normalized spacial score (nSPS) is 23.6. The highest BCUT2D eigenvalue weighted by Gasteiger charge is 2.42. The molecule has 3 heterocycles. The summed E-state index contributed by atoms with van der Waals surface area (Å²) in [6.07, 6.45) is 2.65. The Morgan fingerprint density at radius 3 is 2.54 bits per heavy atom. The standard InChI is InChI=1S/C29H30F2N4O2/c30-20-7-10-22(11-8-20)34-26-12-9-21(31)17-24(26)25-18-32(16-13-27(25)34)14-3-4-15-33-19-29(36)23-5-1-2-6-28(23)35(33)37/h1-2,5-12,17,25,27,35H,3-4,13-16,18-19H2. The molecule has 1 saturated heterocycles. The van der Waals surface area contributed by atoms with Gasteiger partial charge in [-0.05, 0) is 79.9 Å². The lowest BCUT2D eigenvalue weighted by Gasteiger charge is -2.39. The molecule has 6 nitrogen and oxygen atoms in total. The molecule has 0 amide bonds. The molecule has 3 atom stereocenters. The summed E-state index contributed by atoms with van der Waals surface area (Å²) < 4.78 is 27.8. The van der Waals surface area contributed by atoms with Gasteiger partial charge in [-0.15, -0.1) is 5.01 Å². The fourth-order valence-corrected chi connectivity index (χ4v) is 6.21. The molecule has 0 aliphatic carbocycles. The molecule has 0 saturated carbocycles. The predicted octanol–water partition coefficient (Wildman–Crippen LogP) is 4.18. The molecule has 0 radical (unpaired) electrons. The fourth-order valence-electron chi connectivity index (χ4n) is 6.21. The number of nitrogens with zero attached hydrogens (tertiary/aromatic N) is 3. The van der Waals surface area contributed by atoms with E-state index >= 15 is 0 Å². The molecule has 37 heavy (non-hydrogen) atoms. The molecule has 3 aromatic rings. The highest BCUT2D eigenvalue weighted by Crippen LogP contribution is 2.48. The Morgan fingerprint density at radius 2 is 1.70 bits per heavy atom. The minimum absolute atomic E-state index is 0.00453. The lowest BCUT2D eigenvalue weighted by atomic mass is 9.89. The molecule has 3 aliphatic rings. The highest BCUT2D eigenvalue weighted by atomic mass is 19.1. The number of piperidine rings is 1. The summed E-state index contributed by atoms with van der Waals surface area (Å²) in [6.45, 7) is 3.34. The zero-order valence-electron chi connectivity index (χ0n) is 20.6. The average molecular weight is 505 g/mol. The van der Waals surface area contributed by atoms with Gasteiger partial charge in [-0.2, -0.15) is 0 Å². The van der Waals surface area contributed by atoms with Crippen LogP contribution in [0.15, 0.2) is 66.7 Å². The van der Waals surface area contributed by atoms with Crippen LogP contribution in [0.25, 0.3) is 0 Å². The molecule has 3 unspecified atom stereocenters. The Hall–Kier alpha value is -3.17. The van der Waals surface area contributed by atoms with Gasteiger partial charge in [0.25, 0.3) is 0 Å². The minimum Gasteiger partial charge on any atom is -0.608 e. The fraction of sp³-hybridized carbons (Fsp3) is 0.345. The molecular formula is C29H30F2N4O2. The molecule has 1 fully saturated rings. The Balaban J connectivity index is 1.09. The van der Waals surface area contributed by atoms with E-state index in [1.54, 1.807) is 47.5 Å². The van der Waals surface area contributed by atoms with Crippen LogP contribution in [-0.2, 0) is 0 Å². The number of likely N-dealkylation sites (tertiary alicyclic amines) is 1. The van der Waals surface area contributed by atoms with Crippen molar-refractivity contribution in [3.8, 4) is 0 Å². The van der Waals surface area contributed by atoms with Gasteiger partial charge in [-0.3, -0.25) is 9.97 Å². The predicted molar refractivity (Wildman–Crippen MR) is 138 cm³/mol. The Labute approximate surface area is 215 Å². The van der Waals surface area contributed by atoms with E-state index < -0.39 is 0 Å². The van der Waals surface area contributed by atoms with Gasteiger partial charge >= 0.3 is 0 Å². The van der Waals surface area contributed by atoms with Crippen molar-refractivity contribution in [3.05, 3.63) is 94.7 Å². The number of carbonyl (C=O) groups is 1. The van der Waals surface area contributed by atoms with Gasteiger partial charge in [0.2, 0.25) is 0 Å². The van der Waals surface area contributed by atoms with Crippen molar-refractivity contribution >= 4 is 22.8 Å². The van der Waals surface area contributed by atoms with E-state index in [1.807, 2.05) is 6.07 Å². The van der Waals surface area contributed by atoms with Crippen LogP contribution < -0.4 is 10.1 Å². The van der Waals surface area contributed by atoms with Crippen LogP contribution in [0.4, 0.5) is 25.8 Å². The molecular weight excluding hydrogens is 474 g/mol. The van der Waals surface area contributed by atoms with Crippen molar-refractivity contribution in [1.29, 1.82) is 0 Å². The van der Waals surface area contributed by atoms with E-state index in [1.165, 1.54) is 18.2 Å². The number of fused-ring (bicyclic) bond motifs is 4. The zero-order valence-corrected chi connectivity index (χ0v) is 20.6. The smallest absolute Gasteiger partial charge is 0.188 e. The van der Waals surface area contributed by atoms with E-state index in [9.17, 15) is 18.8 Å². The van der Waals surface area contributed by atoms with E-state index in [0.717, 1.165) is 55.8 Å². The van der Waals surface area contributed by atoms with E-state index in [-0.39, 0.29) is 41.1 Å². The second kappa shape index (κ2) is 9.95. The number of Topliss-reactive ketones (excluding diaryl/α,β-unsaturated/α-hetero) is 1. The number of hydrogen-bond acceptors (Lipinski definition) is 5. The van der Waals surface area contributed by atoms with Crippen LogP contribution in [0.5, 0.6) is 0 Å². The van der Waals surface area contributed by atoms with Gasteiger partial charge in [-0.25, -0.2) is 8.78 Å². The summed E-state index contributed by atoms with van der Waals surface area (Å²) in [7, 11) is 0. The maximum atomic E-state index is 14.2. The first-order valence-corrected chi connectivity index (χ1v) is 13.0. The van der Waals surface area contributed by atoms with Crippen LogP contribution in [0.1, 0.15) is 41.1 Å². The van der Waals surface area contributed by atoms with Crippen molar-refractivity contribution in [3.63, 3.8) is 0 Å². The first kappa shape index (κ1) is 24.2. The topological polar surface area (TPSA) is 54.3 Å². The Morgan fingerprint density at radius 1 is 0.946 bits per heavy atom. The highest BCUT2D eigenvalue weighted by molar-refractivity contribution is 6.01. The molecule has 8 heteroatoms. The van der Waals surface area contributed by atoms with Crippen molar-refractivity contribution in [2.45, 2.75) is 31.2 Å². The van der Waals surface area contributed by atoms with Crippen LogP contribution in [0.2, 0.25) is 0 Å². The van der Waals surface area contributed by atoms with Crippen LogP contribution in [0, 0.1) is 16.8 Å². The quantitative estimate of drug-likeness (QED) is 0.403. The summed E-state index contributed by atoms with van der Waals surface area (Å²) >= 11 is 0. The largest absolute Gasteiger partial charge is 0.608 e. The van der Waals surface area contributed by atoms with Crippen molar-refractivity contribution in [1.82, 2.24) is 9.91 Å². The number of halogens is 2. The summed E-state index contributed by atoms with van der Waals surface area (Å²) in [5.41, 5.74) is 3.96. The van der Waals surface area contributed by atoms with Crippen molar-refractivity contribution in [2.24, 2.45) is 0 Å². The number of rotatable bonds is 6. The summed E-state index contributed by atoms with van der Waals surface area (Å²) in [5.74, 6) is -0.344. The minimum atomic E-state index is -0.270. The first-order valence-electron chi connectivity index (χ1n) is 13.0. The third-order valence-corrected chi connectivity index (χ3v) is 7.98. The number of nitrogens with one attached hydrogen (secondary N) is 1. The van der Waals surface area contributed by atoms with E-state index in [4.69, 9.17) is 0 Å². The molecule has 1 N–H and O–H groups in total. The lowest BCUT2D eigenvalue weighted by Crippen LogP contribution is -3.11.